The lowest BCUT2D eigenvalue weighted by Gasteiger charge is -2.36. The van der Waals surface area contributed by atoms with Gasteiger partial charge in [-0.3, -0.25) is 0 Å². The molecule has 2 heterocycles. The molecule has 1 aromatic rings. The Hall–Kier alpha value is -0.470. The van der Waals surface area contributed by atoms with E-state index in [2.05, 4.69) is 10.2 Å². The van der Waals surface area contributed by atoms with Crippen LogP contribution in [0.4, 0.5) is 0 Å². The summed E-state index contributed by atoms with van der Waals surface area (Å²) in [4.78, 5) is 3.26. The summed E-state index contributed by atoms with van der Waals surface area (Å²) in [5, 5.41) is 3.08. The third-order valence-corrected chi connectivity index (χ3v) is 7.37. The van der Waals surface area contributed by atoms with E-state index < -0.39 is 10.0 Å². The van der Waals surface area contributed by atoms with Crippen LogP contribution in [0.5, 0.6) is 0 Å². The highest BCUT2D eigenvalue weighted by Crippen LogP contribution is 2.30. The molecule has 1 aromatic heterocycles. The molecule has 0 radical (unpaired) electrons. The lowest BCUT2D eigenvalue weighted by molar-refractivity contribution is 0.170. The predicted molar refractivity (Wildman–Crippen MR) is 82.7 cm³/mol. The van der Waals surface area contributed by atoms with Crippen molar-refractivity contribution in [2.45, 2.75) is 30.6 Å². The number of piperazine rings is 1. The number of nitrogens with one attached hydrogen (secondary N) is 1. The first-order chi connectivity index (χ1) is 9.36. The average molecular weight is 317 g/mol. The Kier molecular flexibility index (Phi) is 4.86. The second kappa shape index (κ2) is 6.11. The minimum absolute atomic E-state index is 0.0221. The molecule has 0 aromatic carbocycles. The largest absolute Gasteiger partial charge is 0.315 e. The van der Waals surface area contributed by atoms with Gasteiger partial charge in [0, 0.05) is 37.1 Å². The quantitative estimate of drug-likeness (QED) is 0.903. The number of aryl methyl sites for hydroxylation is 1. The van der Waals surface area contributed by atoms with Crippen LogP contribution in [0.15, 0.2) is 10.3 Å². The fourth-order valence-electron chi connectivity index (χ4n) is 2.55. The third-order valence-electron chi connectivity index (χ3n) is 3.67. The van der Waals surface area contributed by atoms with Crippen LogP contribution < -0.4 is 5.32 Å². The summed E-state index contributed by atoms with van der Waals surface area (Å²) in [6.45, 7) is 6.80. The molecule has 7 heteroatoms. The normalized spacial score (nSPS) is 22.3. The zero-order valence-corrected chi connectivity index (χ0v) is 14.1. The zero-order valence-electron chi connectivity index (χ0n) is 12.5. The first-order valence-electron chi connectivity index (χ1n) is 6.80. The summed E-state index contributed by atoms with van der Waals surface area (Å²) in [7, 11) is 0.542. The molecule has 114 valence electrons. The SMILES string of the molecule is CNCc1sc(S(=O)(=O)N2CCN(C)CC2C)cc1C. The van der Waals surface area contributed by atoms with Gasteiger partial charge in [-0.05, 0) is 39.6 Å². The molecular weight excluding hydrogens is 294 g/mol. The fourth-order valence-corrected chi connectivity index (χ4v) is 5.89. The number of hydrogen-bond donors (Lipinski definition) is 1. The van der Waals surface area contributed by atoms with Crippen molar-refractivity contribution in [2.24, 2.45) is 0 Å². The van der Waals surface area contributed by atoms with Crippen LogP contribution in [-0.2, 0) is 16.6 Å². The van der Waals surface area contributed by atoms with Crippen LogP contribution in [0, 0.1) is 6.92 Å². The fraction of sp³-hybridized carbons (Fsp3) is 0.692. The highest BCUT2D eigenvalue weighted by Gasteiger charge is 2.33. The lowest BCUT2D eigenvalue weighted by atomic mass is 10.2. The highest BCUT2D eigenvalue weighted by molar-refractivity contribution is 7.91. The molecule has 0 aliphatic carbocycles. The van der Waals surface area contributed by atoms with Crippen molar-refractivity contribution in [3.8, 4) is 0 Å². The number of nitrogens with zero attached hydrogens (tertiary/aromatic N) is 2. The molecule has 20 heavy (non-hydrogen) atoms. The maximum Gasteiger partial charge on any atom is 0.252 e. The molecule has 0 spiro atoms. The summed E-state index contributed by atoms with van der Waals surface area (Å²) >= 11 is 1.38. The molecule has 0 bridgehead atoms. The first kappa shape index (κ1) is 15.9. The molecule has 2 rings (SSSR count). The summed E-state index contributed by atoms with van der Waals surface area (Å²) in [6.07, 6.45) is 0. The van der Waals surface area contributed by atoms with Crippen LogP contribution in [0.2, 0.25) is 0 Å². The van der Waals surface area contributed by atoms with Gasteiger partial charge in [0.25, 0.3) is 10.0 Å². The van der Waals surface area contributed by atoms with Crippen molar-refractivity contribution >= 4 is 21.4 Å². The van der Waals surface area contributed by atoms with Crippen molar-refractivity contribution in [2.75, 3.05) is 33.7 Å². The van der Waals surface area contributed by atoms with Gasteiger partial charge in [-0.25, -0.2) is 8.42 Å². The van der Waals surface area contributed by atoms with E-state index in [4.69, 9.17) is 0 Å². The van der Waals surface area contributed by atoms with E-state index in [9.17, 15) is 8.42 Å². The van der Waals surface area contributed by atoms with Gasteiger partial charge in [0.15, 0.2) is 0 Å². The number of likely N-dealkylation sites (N-methyl/N-ethyl adjacent to an activating group) is 1. The zero-order chi connectivity index (χ0) is 14.9. The lowest BCUT2D eigenvalue weighted by Crippen LogP contribution is -2.52. The minimum Gasteiger partial charge on any atom is -0.315 e. The molecule has 1 saturated heterocycles. The Labute approximate surface area is 125 Å². The van der Waals surface area contributed by atoms with Gasteiger partial charge in [0.05, 0.1) is 0 Å². The molecule has 1 unspecified atom stereocenters. The molecule has 0 amide bonds. The van der Waals surface area contributed by atoms with Gasteiger partial charge in [0.2, 0.25) is 0 Å². The van der Waals surface area contributed by atoms with Gasteiger partial charge in [-0.1, -0.05) is 0 Å². The van der Waals surface area contributed by atoms with Crippen molar-refractivity contribution in [3.05, 3.63) is 16.5 Å². The molecule has 1 aliphatic heterocycles. The smallest absolute Gasteiger partial charge is 0.252 e. The topological polar surface area (TPSA) is 52.7 Å². The van der Waals surface area contributed by atoms with Gasteiger partial charge < -0.3 is 10.2 Å². The third kappa shape index (κ3) is 3.07. The molecular formula is C13H23N3O2S2. The Balaban J connectivity index is 2.28. The van der Waals surface area contributed by atoms with Crippen LogP contribution in [-0.4, -0.2) is 57.4 Å². The molecule has 1 aliphatic rings. The van der Waals surface area contributed by atoms with Gasteiger partial charge in [-0.2, -0.15) is 4.31 Å². The molecule has 1 fully saturated rings. The summed E-state index contributed by atoms with van der Waals surface area (Å²) in [5.74, 6) is 0. The van der Waals surface area contributed by atoms with Crippen LogP contribution in [0.3, 0.4) is 0 Å². The standard InChI is InChI=1S/C13H23N3O2S2/c1-10-7-13(19-12(10)8-14-3)20(17,18)16-6-5-15(4)9-11(16)2/h7,11,14H,5-6,8-9H2,1-4H3. The van der Waals surface area contributed by atoms with E-state index in [1.807, 2.05) is 27.9 Å². The number of hydrogen-bond acceptors (Lipinski definition) is 5. The highest BCUT2D eigenvalue weighted by atomic mass is 32.2. The van der Waals surface area contributed by atoms with E-state index in [0.29, 0.717) is 17.3 Å². The minimum atomic E-state index is -3.36. The van der Waals surface area contributed by atoms with E-state index in [-0.39, 0.29) is 6.04 Å². The van der Waals surface area contributed by atoms with Gasteiger partial charge in [0.1, 0.15) is 4.21 Å². The second-order valence-corrected chi connectivity index (χ2v) is 8.68. The number of thiophene rings is 1. The summed E-state index contributed by atoms with van der Waals surface area (Å²) < 4.78 is 27.7. The molecule has 5 nitrogen and oxygen atoms in total. The van der Waals surface area contributed by atoms with Crippen molar-refractivity contribution in [1.29, 1.82) is 0 Å². The molecule has 0 saturated carbocycles. The van der Waals surface area contributed by atoms with E-state index >= 15 is 0 Å². The summed E-state index contributed by atoms with van der Waals surface area (Å²) in [5.41, 5.74) is 1.05. The Morgan fingerprint density at radius 1 is 1.45 bits per heavy atom. The van der Waals surface area contributed by atoms with E-state index in [1.54, 1.807) is 10.4 Å². The Morgan fingerprint density at radius 3 is 2.75 bits per heavy atom. The van der Waals surface area contributed by atoms with E-state index in [1.165, 1.54) is 11.3 Å². The average Bonchev–Trinajstić information content (AvgIpc) is 2.72. The Bertz CT molecular complexity index is 568. The molecule has 1 N–H and O–H groups in total. The van der Waals surface area contributed by atoms with Crippen LogP contribution in [0.1, 0.15) is 17.4 Å². The van der Waals surface area contributed by atoms with E-state index in [0.717, 1.165) is 23.5 Å². The number of sulfonamides is 1. The van der Waals surface area contributed by atoms with Crippen molar-refractivity contribution in [3.63, 3.8) is 0 Å². The first-order valence-corrected chi connectivity index (χ1v) is 9.06. The van der Waals surface area contributed by atoms with Crippen molar-refractivity contribution < 1.29 is 8.42 Å². The number of rotatable bonds is 4. The van der Waals surface area contributed by atoms with Gasteiger partial charge in [-0.15, -0.1) is 11.3 Å². The molecule has 1 atom stereocenters. The maximum atomic E-state index is 12.8. The maximum absolute atomic E-state index is 12.8. The van der Waals surface area contributed by atoms with Crippen LogP contribution in [0.25, 0.3) is 0 Å². The van der Waals surface area contributed by atoms with Crippen LogP contribution >= 0.6 is 11.3 Å². The summed E-state index contributed by atoms with van der Waals surface area (Å²) in [6, 6.07) is 1.83. The van der Waals surface area contributed by atoms with Crippen molar-refractivity contribution in [1.82, 2.24) is 14.5 Å². The van der Waals surface area contributed by atoms with Gasteiger partial charge >= 0.3 is 0 Å². The predicted octanol–water partition coefficient (Wildman–Crippen LogP) is 1.10. The monoisotopic (exact) mass is 317 g/mol. The Morgan fingerprint density at radius 2 is 2.15 bits per heavy atom. The second-order valence-electron chi connectivity index (χ2n) is 5.43.